The Balaban J connectivity index is 0.000000226. The van der Waals surface area contributed by atoms with Crippen LogP contribution in [0.5, 0.6) is 0 Å². The fourth-order valence-electron chi connectivity index (χ4n) is 9.09. The Kier molecular flexibility index (Phi) is 36.1. The maximum absolute atomic E-state index is 11.9. The molecule has 2 aliphatic rings. The van der Waals surface area contributed by atoms with Gasteiger partial charge in [-0.3, -0.25) is 9.59 Å². The Hall–Kier alpha value is -8.23. The largest absolute Gasteiger partial charge is 0.462 e. The van der Waals surface area contributed by atoms with E-state index in [2.05, 4.69) is 66.5 Å². The van der Waals surface area contributed by atoms with E-state index in [1.54, 1.807) is 80.6 Å². The van der Waals surface area contributed by atoms with Gasteiger partial charge in [-0.25, -0.2) is 49.3 Å². The van der Waals surface area contributed by atoms with E-state index < -0.39 is 29.4 Å². The van der Waals surface area contributed by atoms with Crippen LogP contribution in [0.15, 0.2) is 137 Å². The van der Waals surface area contributed by atoms with Gasteiger partial charge in [0.1, 0.15) is 50.5 Å². The molecule has 8 aromatic rings. The topological polar surface area (TPSA) is 406 Å². The lowest BCUT2D eigenvalue weighted by Gasteiger charge is -2.30. The molecule has 3 amide bonds. The van der Waals surface area contributed by atoms with Crippen LogP contribution in [0.1, 0.15) is 127 Å². The second-order valence-electron chi connectivity index (χ2n) is 22.8. The Morgan fingerprint density at radius 3 is 1.28 bits per heavy atom. The van der Waals surface area contributed by atoms with Gasteiger partial charge in [-0.1, -0.05) is 143 Å². The standard InChI is InChI=1S/C17H21ClN6O.C14H14ClN3O2S.C12H11ClN4OS.C11H22N2O2.C8H9ClN2O2S.C6H6ClN/c18-10-4-3-5-11(8-10)22-16-12(15(20)25)9-21-17(24-16)23-14-7-2-1-6-13(14)19;1-3-20-13(19)11-8-16-14(21-2)18-12(11)17-10-6-4-5-9(15)7-10;1-19-12-15-6-9(10(14)18)11(17-12)16-8-4-2-3-7(13)5-8;1-11(2,3)15-10(14)13-9-7-5-4-6-8(9)12;1-3-13-7(12)5-4-10-8(14-2)11-6(5)9;7-5-2-1-3-6(8)4-5/h3-5,8-9,13-14H,1-2,6-7,19H2,(H2,20,25)(H2,21,22,23,24);4-8H,3H2,1-2H3,(H,16,17,18);2-6H,1H3,(H2,14,18)(H,15,16,17);8-9H,4-7,12H2,1-3H3,(H,13,14);4H,3H2,1-2H3;1-4H,8H2/t13-,14+;;;8-,9+;;/m0..1../s1. The number of primary amides is 2. The molecule has 4 aromatic heterocycles. The van der Waals surface area contributed by atoms with Gasteiger partial charge in [0.05, 0.1) is 13.2 Å². The molecule has 4 heterocycles. The number of amides is 3. The molecule has 0 aliphatic heterocycles. The molecule has 2 saturated carbocycles. The van der Waals surface area contributed by atoms with Crippen LogP contribution < -0.4 is 55.3 Å². The van der Waals surface area contributed by atoms with Gasteiger partial charge in [0.25, 0.3) is 11.8 Å². The highest BCUT2D eigenvalue weighted by Crippen LogP contribution is 2.28. The molecule has 15 N–H and O–H groups in total. The average Bonchev–Trinajstić information content (AvgIpc) is 0.849. The van der Waals surface area contributed by atoms with Crippen molar-refractivity contribution in [2.45, 2.75) is 131 Å². The van der Waals surface area contributed by atoms with Gasteiger partial charge in [0.2, 0.25) is 5.95 Å². The second-order valence-corrected chi connectivity index (χ2v) is 27.2. The first-order valence-corrected chi connectivity index (χ1v) is 37.2. The van der Waals surface area contributed by atoms with E-state index in [-0.39, 0.29) is 57.7 Å². The summed E-state index contributed by atoms with van der Waals surface area (Å²) in [7, 11) is 0. The third-order valence-electron chi connectivity index (χ3n) is 13.9. The molecule has 4 atom stereocenters. The smallest absolute Gasteiger partial charge is 0.407 e. The molecule has 0 unspecified atom stereocenters. The monoisotopic (exact) mass is 1550 g/mol. The summed E-state index contributed by atoms with van der Waals surface area (Å²) >= 11 is 33.3. The predicted octanol–water partition coefficient (Wildman–Crippen LogP) is 14.9. The number of anilines is 8. The number of carbonyl (C=O) groups excluding carboxylic acids is 5. The number of nitrogens with one attached hydrogen (secondary N) is 5. The van der Waals surface area contributed by atoms with Crippen LogP contribution >= 0.6 is 93.3 Å². The lowest BCUT2D eigenvalue weighted by Crippen LogP contribution is -2.50. The highest BCUT2D eigenvalue weighted by molar-refractivity contribution is 7.98. The first-order valence-electron chi connectivity index (χ1n) is 31.7. The number of nitrogen functional groups attached to an aromatic ring is 1. The van der Waals surface area contributed by atoms with Gasteiger partial charge in [0.15, 0.2) is 15.5 Å². The third kappa shape index (κ3) is 30.0. The van der Waals surface area contributed by atoms with E-state index in [4.69, 9.17) is 101 Å². The summed E-state index contributed by atoms with van der Waals surface area (Å²) in [5.41, 5.74) is 31.5. The van der Waals surface area contributed by atoms with Gasteiger partial charge in [-0.2, -0.15) is 4.98 Å². The average molecular weight is 1550 g/mol. The zero-order valence-corrected chi connectivity index (χ0v) is 63.5. The maximum atomic E-state index is 11.9. The molecular formula is C68H83Cl5N18O8S3. The Morgan fingerprint density at radius 2 is 0.892 bits per heavy atom. The molecule has 2 aliphatic carbocycles. The summed E-state index contributed by atoms with van der Waals surface area (Å²) in [6.07, 6.45) is 19.3. The van der Waals surface area contributed by atoms with Crippen molar-refractivity contribution in [3.8, 4) is 0 Å². The van der Waals surface area contributed by atoms with Crippen molar-refractivity contribution >= 4 is 169 Å². The zero-order chi connectivity index (χ0) is 74.9. The molecule has 0 bridgehead atoms. The second kappa shape index (κ2) is 43.7. The number of halogens is 5. The van der Waals surface area contributed by atoms with Crippen molar-refractivity contribution in [1.82, 2.24) is 45.2 Å². The number of ether oxygens (including phenoxy) is 3. The number of alkyl carbamates (subject to hydrolysis) is 1. The van der Waals surface area contributed by atoms with Crippen molar-refractivity contribution in [1.29, 1.82) is 0 Å². The summed E-state index contributed by atoms with van der Waals surface area (Å²) in [4.78, 5) is 90.9. The minimum Gasteiger partial charge on any atom is -0.462 e. The first kappa shape index (κ1) is 84.4. The lowest BCUT2D eigenvalue weighted by atomic mass is 9.91. The maximum Gasteiger partial charge on any atom is 0.407 e. The minimum absolute atomic E-state index is 0.0671. The Labute approximate surface area is 630 Å². The molecule has 26 nitrogen and oxygen atoms in total. The number of benzene rings is 4. The Morgan fingerprint density at radius 1 is 0.510 bits per heavy atom. The molecule has 34 heteroatoms. The normalized spacial score (nSPS) is 15.0. The highest BCUT2D eigenvalue weighted by Gasteiger charge is 2.27. The number of aromatic nitrogens is 8. The summed E-state index contributed by atoms with van der Waals surface area (Å²) in [6.45, 7) is 9.63. The lowest BCUT2D eigenvalue weighted by molar-refractivity contribution is 0.0481. The zero-order valence-electron chi connectivity index (χ0n) is 57.3. The van der Waals surface area contributed by atoms with E-state index in [1.807, 2.05) is 69.9 Å². The van der Waals surface area contributed by atoms with Crippen LogP contribution in [0.3, 0.4) is 0 Å². The highest BCUT2D eigenvalue weighted by atomic mass is 35.5. The molecule has 10 rings (SSSR count). The number of esters is 2. The molecular weight excluding hydrogens is 1470 g/mol. The molecule has 546 valence electrons. The van der Waals surface area contributed by atoms with E-state index in [1.165, 1.54) is 60.1 Å². The number of hydrogen-bond donors (Lipinski definition) is 10. The summed E-state index contributed by atoms with van der Waals surface area (Å²) < 4.78 is 15.0. The molecule has 0 saturated heterocycles. The van der Waals surface area contributed by atoms with Crippen molar-refractivity contribution < 1.29 is 38.2 Å². The van der Waals surface area contributed by atoms with Crippen molar-refractivity contribution in [2.24, 2.45) is 22.9 Å². The number of hydrogen-bond acceptors (Lipinski definition) is 26. The molecule has 102 heavy (non-hydrogen) atoms. The third-order valence-corrected chi connectivity index (χ3v) is 16.8. The molecule has 0 spiro atoms. The summed E-state index contributed by atoms with van der Waals surface area (Å²) in [5, 5.41) is 19.5. The van der Waals surface area contributed by atoms with E-state index >= 15 is 0 Å². The Bertz CT molecular complexity index is 4050. The fraction of sp³-hybridized carbons (Fsp3) is 0.338. The number of carbonyl (C=O) groups is 5. The van der Waals surface area contributed by atoms with Crippen molar-refractivity contribution in [3.05, 3.63) is 169 Å². The van der Waals surface area contributed by atoms with E-state index in [0.29, 0.717) is 83.6 Å². The van der Waals surface area contributed by atoms with Gasteiger partial charge in [-0.05, 0) is 152 Å². The van der Waals surface area contributed by atoms with Gasteiger partial charge >= 0.3 is 18.0 Å². The number of thioether (sulfide) groups is 3. The van der Waals surface area contributed by atoms with Crippen LogP contribution in [0.25, 0.3) is 0 Å². The van der Waals surface area contributed by atoms with Crippen LogP contribution in [0.4, 0.5) is 50.9 Å². The van der Waals surface area contributed by atoms with Gasteiger partial charge in [-0.15, -0.1) is 0 Å². The number of nitrogens with two attached hydrogens (primary N) is 5. The van der Waals surface area contributed by atoms with E-state index in [9.17, 15) is 24.0 Å². The van der Waals surface area contributed by atoms with Crippen LogP contribution in [0.2, 0.25) is 25.2 Å². The van der Waals surface area contributed by atoms with Gasteiger partial charge in [0, 0.05) is 91.8 Å². The van der Waals surface area contributed by atoms with Crippen LogP contribution in [-0.4, -0.2) is 131 Å². The first-order chi connectivity index (χ1) is 48.6. The molecule has 0 radical (unpaired) electrons. The SMILES string of the molecule is CC(C)(C)OC(=O)N[C@H]1CCCC[C@H]1N.CCOC(=O)c1cnc(SC)nc1Cl.CCOC(=O)c1cnc(SC)nc1Nc1cccc(Cl)c1.CSc1ncc(C(N)=O)c(Nc2cccc(Cl)c2)n1.NC(=O)c1cnc(N[C@@H]2CCCC[C@@H]2N)nc1Nc1cccc(Cl)c1.Nc1cccc(Cl)c1. The van der Waals surface area contributed by atoms with Crippen LogP contribution in [0, 0.1) is 0 Å². The predicted molar refractivity (Wildman–Crippen MR) is 411 cm³/mol. The number of rotatable bonds is 18. The molecule has 4 aromatic carbocycles. The van der Waals surface area contributed by atoms with Gasteiger partial charge < -0.3 is 69.5 Å². The van der Waals surface area contributed by atoms with E-state index in [0.717, 1.165) is 62.7 Å². The summed E-state index contributed by atoms with van der Waals surface area (Å²) in [6, 6.07) is 28.8. The van der Waals surface area contributed by atoms with Crippen molar-refractivity contribution in [3.63, 3.8) is 0 Å². The molecule has 2 fully saturated rings. The van der Waals surface area contributed by atoms with Crippen LogP contribution in [-0.2, 0) is 14.2 Å². The fourth-order valence-corrected chi connectivity index (χ4v) is 11.1. The quantitative estimate of drug-likeness (QED) is 0.00952. The summed E-state index contributed by atoms with van der Waals surface area (Å²) in [5.74, 6) is -0.639. The van der Waals surface area contributed by atoms with Crippen molar-refractivity contribution in [2.75, 3.05) is 59.0 Å². The minimum atomic E-state index is -0.606. The number of nitrogens with zero attached hydrogens (tertiary/aromatic N) is 8.